The van der Waals surface area contributed by atoms with Crippen molar-refractivity contribution in [2.24, 2.45) is 0 Å². The van der Waals surface area contributed by atoms with E-state index in [1.54, 1.807) is 24.3 Å². The Morgan fingerprint density at radius 2 is 1.79 bits per heavy atom. The molecule has 0 atom stereocenters. The highest BCUT2D eigenvalue weighted by atomic mass is 32.2. The van der Waals surface area contributed by atoms with Crippen LogP contribution < -0.4 is 14.8 Å². The second-order valence-electron chi connectivity index (χ2n) is 8.25. The summed E-state index contributed by atoms with van der Waals surface area (Å²) in [7, 11) is -4.66. The molecular weight excluding hydrogens is 449 g/mol. The van der Waals surface area contributed by atoms with Gasteiger partial charge in [-0.3, -0.25) is 9.35 Å². The molecule has 1 saturated carbocycles. The summed E-state index contributed by atoms with van der Waals surface area (Å²) in [4.78, 5) is 12.4. The van der Waals surface area contributed by atoms with Crippen LogP contribution in [0.2, 0.25) is 0 Å². The number of ether oxygens (including phenoxy) is 2. The minimum atomic E-state index is -4.66. The SMILES string of the molecule is Cc1ccc(NC(=O)C2(c3ccc4c(c3)OCO4)CC2)cc1-c1ccc(S(=O)(=O)O)c(F)c1. The third-order valence-corrected chi connectivity index (χ3v) is 7.01. The molecule has 3 aromatic carbocycles. The zero-order valence-corrected chi connectivity index (χ0v) is 18.4. The molecule has 170 valence electrons. The summed E-state index contributed by atoms with van der Waals surface area (Å²) in [5.41, 5.74) is 2.61. The van der Waals surface area contributed by atoms with Crippen molar-refractivity contribution in [2.75, 3.05) is 12.1 Å². The van der Waals surface area contributed by atoms with Crippen molar-refractivity contribution in [3.8, 4) is 22.6 Å². The van der Waals surface area contributed by atoms with Gasteiger partial charge in [-0.1, -0.05) is 18.2 Å². The van der Waals surface area contributed by atoms with Gasteiger partial charge >= 0.3 is 0 Å². The van der Waals surface area contributed by atoms with Crippen LogP contribution in [-0.2, 0) is 20.3 Å². The van der Waals surface area contributed by atoms with Crippen molar-refractivity contribution in [1.82, 2.24) is 0 Å². The smallest absolute Gasteiger partial charge is 0.297 e. The molecular formula is C24H20FNO6S. The van der Waals surface area contributed by atoms with Crippen molar-refractivity contribution in [3.63, 3.8) is 0 Å². The minimum absolute atomic E-state index is 0.149. The Kier molecular flexibility index (Phi) is 4.91. The summed E-state index contributed by atoms with van der Waals surface area (Å²) < 4.78 is 56.8. The molecule has 7 nitrogen and oxygen atoms in total. The van der Waals surface area contributed by atoms with E-state index >= 15 is 0 Å². The predicted molar refractivity (Wildman–Crippen MR) is 118 cm³/mol. The van der Waals surface area contributed by atoms with Crippen molar-refractivity contribution in [1.29, 1.82) is 0 Å². The van der Waals surface area contributed by atoms with Crippen LogP contribution in [0.5, 0.6) is 11.5 Å². The van der Waals surface area contributed by atoms with E-state index in [-0.39, 0.29) is 12.7 Å². The van der Waals surface area contributed by atoms with E-state index < -0.39 is 26.2 Å². The van der Waals surface area contributed by atoms with Gasteiger partial charge in [0.2, 0.25) is 12.7 Å². The molecule has 0 bridgehead atoms. The number of carbonyl (C=O) groups is 1. The molecule has 0 spiro atoms. The van der Waals surface area contributed by atoms with E-state index in [0.717, 1.165) is 23.3 Å². The van der Waals surface area contributed by atoms with Crippen LogP contribution in [-0.4, -0.2) is 25.7 Å². The molecule has 1 aliphatic heterocycles. The summed E-state index contributed by atoms with van der Waals surface area (Å²) in [6.45, 7) is 1.99. The number of amides is 1. The topological polar surface area (TPSA) is 102 Å². The average Bonchev–Trinajstić information content (AvgIpc) is 3.45. The molecule has 1 aliphatic carbocycles. The second kappa shape index (κ2) is 7.57. The predicted octanol–water partition coefficient (Wildman–Crippen LogP) is 4.45. The lowest BCUT2D eigenvalue weighted by Gasteiger charge is -2.17. The first kappa shape index (κ1) is 21.4. The summed E-state index contributed by atoms with van der Waals surface area (Å²) in [5, 5.41) is 2.96. The van der Waals surface area contributed by atoms with Crippen LogP contribution in [0.15, 0.2) is 59.5 Å². The van der Waals surface area contributed by atoms with Gasteiger partial charge in [0.25, 0.3) is 10.1 Å². The normalized spacial score (nSPS) is 15.8. The van der Waals surface area contributed by atoms with Gasteiger partial charge in [-0.05, 0) is 78.4 Å². The number of rotatable bonds is 5. The average molecular weight is 469 g/mol. The molecule has 5 rings (SSSR count). The number of halogens is 1. The molecule has 9 heteroatoms. The third kappa shape index (κ3) is 3.83. The highest BCUT2D eigenvalue weighted by Crippen LogP contribution is 2.51. The van der Waals surface area contributed by atoms with Crippen molar-refractivity contribution < 1.29 is 31.6 Å². The van der Waals surface area contributed by atoms with Crippen molar-refractivity contribution >= 4 is 21.7 Å². The minimum Gasteiger partial charge on any atom is -0.454 e. The first-order valence-corrected chi connectivity index (χ1v) is 11.7. The lowest BCUT2D eigenvalue weighted by molar-refractivity contribution is -0.118. The van der Waals surface area contributed by atoms with Gasteiger partial charge < -0.3 is 14.8 Å². The Labute approximate surface area is 189 Å². The maximum absolute atomic E-state index is 14.3. The Hall–Kier alpha value is -3.43. The number of fused-ring (bicyclic) bond motifs is 1. The van der Waals surface area contributed by atoms with Crippen LogP contribution in [0, 0.1) is 12.7 Å². The molecule has 3 aromatic rings. The number of benzene rings is 3. The van der Waals surface area contributed by atoms with E-state index in [0.29, 0.717) is 41.2 Å². The van der Waals surface area contributed by atoms with Crippen LogP contribution in [0.4, 0.5) is 10.1 Å². The molecule has 2 N–H and O–H groups in total. The maximum atomic E-state index is 14.3. The first-order chi connectivity index (χ1) is 15.7. The summed E-state index contributed by atoms with van der Waals surface area (Å²) in [6, 6.07) is 14.3. The Balaban J connectivity index is 1.42. The molecule has 33 heavy (non-hydrogen) atoms. The van der Waals surface area contributed by atoms with Crippen LogP contribution in [0.3, 0.4) is 0 Å². The summed E-state index contributed by atoms with van der Waals surface area (Å²) in [6.07, 6.45) is 1.42. The number of anilines is 1. The number of aryl methyl sites for hydroxylation is 1. The fourth-order valence-electron chi connectivity index (χ4n) is 4.11. The zero-order chi connectivity index (χ0) is 23.4. The second-order valence-corrected chi connectivity index (χ2v) is 9.64. The lowest BCUT2D eigenvalue weighted by Crippen LogP contribution is -2.27. The first-order valence-electron chi connectivity index (χ1n) is 10.3. The van der Waals surface area contributed by atoms with Crippen molar-refractivity contribution in [2.45, 2.75) is 30.1 Å². The Morgan fingerprint density at radius 1 is 1.03 bits per heavy atom. The molecule has 0 unspecified atom stereocenters. The van der Waals surface area contributed by atoms with Gasteiger partial charge in [-0.15, -0.1) is 0 Å². The third-order valence-electron chi connectivity index (χ3n) is 6.13. The van der Waals surface area contributed by atoms with Gasteiger partial charge in [0, 0.05) is 5.69 Å². The number of hydrogen-bond donors (Lipinski definition) is 2. The van der Waals surface area contributed by atoms with Gasteiger partial charge in [0.05, 0.1) is 5.41 Å². The van der Waals surface area contributed by atoms with Gasteiger partial charge in [-0.2, -0.15) is 8.42 Å². The number of hydrogen-bond acceptors (Lipinski definition) is 5. The zero-order valence-electron chi connectivity index (χ0n) is 17.6. The molecule has 1 fully saturated rings. The number of carbonyl (C=O) groups excluding carboxylic acids is 1. The molecule has 1 heterocycles. The maximum Gasteiger partial charge on any atom is 0.297 e. The van der Waals surface area contributed by atoms with Gasteiger partial charge in [-0.25, -0.2) is 4.39 Å². The van der Waals surface area contributed by atoms with Gasteiger partial charge in [0.1, 0.15) is 10.7 Å². The molecule has 1 amide bonds. The van der Waals surface area contributed by atoms with E-state index in [4.69, 9.17) is 14.0 Å². The number of nitrogens with one attached hydrogen (secondary N) is 1. The van der Waals surface area contributed by atoms with Crippen LogP contribution >= 0.6 is 0 Å². The summed E-state index contributed by atoms with van der Waals surface area (Å²) in [5.74, 6) is 0.0811. The van der Waals surface area contributed by atoms with Crippen LogP contribution in [0.1, 0.15) is 24.0 Å². The highest BCUT2D eigenvalue weighted by molar-refractivity contribution is 7.85. The fourth-order valence-corrected chi connectivity index (χ4v) is 4.65. The van der Waals surface area contributed by atoms with E-state index in [1.807, 2.05) is 19.1 Å². The lowest BCUT2D eigenvalue weighted by atomic mass is 9.94. The highest BCUT2D eigenvalue weighted by Gasteiger charge is 2.51. The molecule has 0 aromatic heterocycles. The summed E-state index contributed by atoms with van der Waals surface area (Å²) >= 11 is 0. The molecule has 2 aliphatic rings. The van der Waals surface area contributed by atoms with Crippen molar-refractivity contribution in [3.05, 3.63) is 71.5 Å². The van der Waals surface area contributed by atoms with E-state index in [2.05, 4.69) is 5.32 Å². The standard InChI is InChI=1S/C24H20FNO6S/c1-14-2-5-17(12-18(14)15-3-7-22(19(25)10-15)33(28,29)30)26-23(27)24(8-9-24)16-4-6-20-21(11-16)32-13-31-20/h2-7,10-12H,8-9,13H2,1H3,(H,26,27)(H,28,29,30). The fraction of sp³-hybridized carbons (Fsp3) is 0.208. The van der Waals surface area contributed by atoms with Crippen LogP contribution in [0.25, 0.3) is 11.1 Å². The van der Waals surface area contributed by atoms with E-state index in [9.17, 15) is 17.6 Å². The Morgan fingerprint density at radius 3 is 2.48 bits per heavy atom. The monoisotopic (exact) mass is 469 g/mol. The Bertz CT molecular complexity index is 1400. The largest absolute Gasteiger partial charge is 0.454 e. The van der Waals surface area contributed by atoms with E-state index in [1.165, 1.54) is 6.07 Å². The molecule has 0 radical (unpaired) electrons. The van der Waals surface area contributed by atoms with Gasteiger partial charge in [0.15, 0.2) is 11.5 Å². The molecule has 0 saturated heterocycles. The quantitative estimate of drug-likeness (QED) is 0.536.